The van der Waals surface area contributed by atoms with Crippen LogP contribution in [0.15, 0.2) is 24.4 Å². The molecular weight excluding hydrogens is 320 g/mol. The molecule has 0 N–H and O–H groups in total. The van der Waals surface area contributed by atoms with E-state index in [1.807, 2.05) is 0 Å². The normalized spacial score (nSPS) is 15.6. The predicted molar refractivity (Wildman–Crippen MR) is 111 cm³/mol. The van der Waals surface area contributed by atoms with Crippen LogP contribution in [0.3, 0.4) is 0 Å². The molecule has 0 aliphatic carbocycles. The number of rotatable bonds is 10. The molecule has 1 saturated heterocycles. The van der Waals surface area contributed by atoms with Gasteiger partial charge in [-0.3, -0.25) is 4.90 Å². The van der Waals surface area contributed by atoms with Crippen molar-refractivity contribution in [3.05, 3.63) is 30.0 Å². The van der Waals surface area contributed by atoms with Gasteiger partial charge in [0, 0.05) is 30.7 Å². The minimum absolute atomic E-state index is 0.962. The lowest BCUT2D eigenvalue weighted by atomic mass is 10.1. The molecule has 3 rings (SSSR count). The Morgan fingerprint density at radius 2 is 1.73 bits per heavy atom. The molecule has 0 unspecified atom stereocenters. The molecular formula is C23H36N2O. The van der Waals surface area contributed by atoms with Crippen molar-refractivity contribution in [2.45, 2.75) is 77.8 Å². The van der Waals surface area contributed by atoms with Crippen LogP contribution < -0.4 is 4.74 Å². The molecule has 26 heavy (non-hydrogen) atoms. The number of hydrogen-bond donors (Lipinski definition) is 0. The summed E-state index contributed by atoms with van der Waals surface area (Å²) in [5.74, 6) is 0.962. The number of fused-ring (bicyclic) bond motifs is 1. The highest BCUT2D eigenvalue weighted by Gasteiger charge is 2.15. The lowest BCUT2D eigenvalue weighted by molar-refractivity contribution is 0.221. The number of hydrogen-bond acceptors (Lipinski definition) is 2. The Morgan fingerprint density at radius 1 is 0.962 bits per heavy atom. The zero-order valence-electron chi connectivity index (χ0n) is 16.8. The van der Waals surface area contributed by atoms with E-state index >= 15 is 0 Å². The number of ether oxygens (including phenoxy) is 1. The first-order valence-corrected chi connectivity index (χ1v) is 10.7. The summed E-state index contributed by atoms with van der Waals surface area (Å²) in [6, 6.07) is 6.58. The Labute approximate surface area is 159 Å². The van der Waals surface area contributed by atoms with Crippen molar-refractivity contribution in [2.24, 2.45) is 0 Å². The van der Waals surface area contributed by atoms with Crippen LogP contribution in [-0.2, 0) is 13.1 Å². The molecule has 3 nitrogen and oxygen atoms in total. The Kier molecular flexibility index (Phi) is 7.43. The van der Waals surface area contributed by atoms with Gasteiger partial charge >= 0.3 is 0 Å². The van der Waals surface area contributed by atoms with Crippen molar-refractivity contribution in [3.8, 4) is 5.75 Å². The SMILES string of the molecule is CCCCCCCCn1cc(CN2CCCCC2)c2ccc(OC)cc21. The highest BCUT2D eigenvalue weighted by molar-refractivity contribution is 5.85. The summed E-state index contributed by atoms with van der Waals surface area (Å²) in [5.41, 5.74) is 2.82. The summed E-state index contributed by atoms with van der Waals surface area (Å²) in [6.45, 7) is 6.99. The van der Waals surface area contributed by atoms with Crippen LogP contribution in [0.5, 0.6) is 5.75 Å². The Hall–Kier alpha value is -1.48. The smallest absolute Gasteiger partial charge is 0.120 e. The van der Waals surface area contributed by atoms with Gasteiger partial charge in [0.25, 0.3) is 0 Å². The minimum Gasteiger partial charge on any atom is -0.497 e. The molecule has 144 valence electrons. The Balaban J connectivity index is 1.70. The average molecular weight is 357 g/mol. The number of nitrogens with zero attached hydrogens (tertiary/aromatic N) is 2. The van der Waals surface area contributed by atoms with Gasteiger partial charge in [0.05, 0.1) is 12.6 Å². The zero-order chi connectivity index (χ0) is 18.2. The average Bonchev–Trinajstić information content (AvgIpc) is 3.02. The quantitative estimate of drug-likeness (QED) is 0.486. The van der Waals surface area contributed by atoms with Crippen LogP contribution in [0.4, 0.5) is 0 Å². The summed E-state index contributed by atoms with van der Waals surface area (Å²) in [5, 5.41) is 1.40. The van der Waals surface area contributed by atoms with Gasteiger partial charge in [-0.15, -0.1) is 0 Å². The van der Waals surface area contributed by atoms with E-state index < -0.39 is 0 Å². The van der Waals surface area contributed by atoms with Gasteiger partial charge in [-0.25, -0.2) is 0 Å². The van der Waals surface area contributed by atoms with Crippen LogP contribution in [0, 0.1) is 0 Å². The van der Waals surface area contributed by atoms with Crippen molar-refractivity contribution in [3.63, 3.8) is 0 Å². The highest BCUT2D eigenvalue weighted by Crippen LogP contribution is 2.28. The third-order valence-corrected chi connectivity index (χ3v) is 5.77. The zero-order valence-corrected chi connectivity index (χ0v) is 16.8. The first-order valence-electron chi connectivity index (χ1n) is 10.7. The lowest BCUT2D eigenvalue weighted by Crippen LogP contribution is -2.28. The van der Waals surface area contributed by atoms with Crippen molar-refractivity contribution < 1.29 is 4.74 Å². The van der Waals surface area contributed by atoms with Crippen molar-refractivity contribution in [1.29, 1.82) is 0 Å². The van der Waals surface area contributed by atoms with Gasteiger partial charge < -0.3 is 9.30 Å². The van der Waals surface area contributed by atoms with Crippen LogP contribution >= 0.6 is 0 Å². The van der Waals surface area contributed by atoms with E-state index in [9.17, 15) is 0 Å². The second kappa shape index (κ2) is 10.0. The molecule has 0 atom stereocenters. The molecule has 3 heteroatoms. The third-order valence-electron chi connectivity index (χ3n) is 5.77. The summed E-state index contributed by atoms with van der Waals surface area (Å²) in [6.07, 6.45) is 14.6. The first kappa shape index (κ1) is 19.3. The van der Waals surface area contributed by atoms with Gasteiger partial charge in [-0.2, -0.15) is 0 Å². The maximum atomic E-state index is 5.48. The maximum Gasteiger partial charge on any atom is 0.120 e. The summed E-state index contributed by atoms with van der Waals surface area (Å²) in [4.78, 5) is 2.62. The van der Waals surface area contributed by atoms with E-state index in [0.717, 1.165) is 18.8 Å². The molecule has 1 aliphatic rings. The fraction of sp³-hybridized carbons (Fsp3) is 0.652. The largest absolute Gasteiger partial charge is 0.497 e. The topological polar surface area (TPSA) is 17.4 Å². The summed E-state index contributed by atoms with van der Waals surface area (Å²) in [7, 11) is 1.76. The van der Waals surface area contributed by atoms with Gasteiger partial charge in [0.2, 0.25) is 0 Å². The second-order valence-corrected chi connectivity index (χ2v) is 7.84. The van der Waals surface area contributed by atoms with E-state index in [0.29, 0.717) is 0 Å². The Morgan fingerprint density at radius 3 is 2.50 bits per heavy atom. The molecule has 2 heterocycles. The van der Waals surface area contributed by atoms with Crippen molar-refractivity contribution in [2.75, 3.05) is 20.2 Å². The van der Waals surface area contributed by atoms with E-state index in [1.54, 1.807) is 7.11 Å². The first-order chi connectivity index (χ1) is 12.8. The fourth-order valence-electron chi connectivity index (χ4n) is 4.21. The van der Waals surface area contributed by atoms with E-state index in [4.69, 9.17) is 4.74 Å². The molecule has 1 aliphatic heterocycles. The van der Waals surface area contributed by atoms with Crippen LogP contribution in [0.2, 0.25) is 0 Å². The number of aromatic nitrogens is 1. The molecule has 2 aromatic rings. The number of piperidine rings is 1. The maximum absolute atomic E-state index is 5.48. The predicted octanol–water partition coefficient (Wildman–Crippen LogP) is 6.00. The monoisotopic (exact) mass is 356 g/mol. The summed E-state index contributed by atoms with van der Waals surface area (Å²) < 4.78 is 7.95. The lowest BCUT2D eigenvalue weighted by Gasteiger charge is -2.26. The highest BCUT2D eigenvalue weighted by atomic mass is 16.5. The molecule has 0 amide bonds. The molecule has 0 spiro atoms. The van der Waals surface area contributed by atoms with E-state index in [2.05, 4.69) is 40.8 Å². The molecule has 0 radical (unpaired) electrons. The second-order valence-electron chi connectivity index (χ2n) is 7.84. The Bertz CT molecular complexity index is 670. The van der Waals surface area contributed by atoms with E-state index in [1.165, 1.54) is 87.3 Å². The van der Waals surface area contributed by atoms with Crippen molar-refractivity contribution >= 4 is 10.9 Å². The fourth-order valence-corrected chi connectivity index (χ4v) is 4.21. The van der Waals surface area contributed by atoms with Crippen LogP contribution in [-0.4, -0.2) is 29.7 Å². The van der Waals surface area contributed by atoms with Gasteiger partial charge in [0.1, 0.15) is 5.75 Å². The van der Waals surface area contributed by atoms with Gasteiger partial charge in [-0.1, -0.05) is 45.4 Å². The molecule has 1 aromatic carbocycles. The van der Waals surface area contributed by atoms with E-state index in [-0.39, 0.29) is 0 Å². The van der Waals surface area contributed by atoms with Crippen LogP contribution in [0.25, 0.3) is 10.9 Å². The molecule has 0 saturated carbocycles. The summed E-state index contributed by atoms with van der Waals surface area (Å²) >= 11 is 0. The molecule has 0 bridgehead atoms. The molecule has 1 aromatic heterocycles. The minimum atomic E-state index is 0.962. The number of methoxy groups -OCH3 is 1. The van der Waals surface area contributed by atoms with Gasteiger partial charge in [0.15, 0.2) is 0 Å². The number of likely N-dealkylation sites (tertiary alicyclic amines) is 1. The number of benzene rings is 1. The van der Waals surface area contributed by atoms with Crippen LogP contribution in [0.1, 0.15) is 70.3 Å². The van der Waals surface area contributed by atoms with Gasteiger partial charge in [-0.05, 0) is 50.0 Å². The van der Waals surface area contributed by atoms with Crippen molar-refractivity contribution in [1.82, 2.24) is 9.47 Å². The number of unbranched alkanes of at least 4 members (excludes halogenated alkanes) is 5. The number of aryl methyl sites for hydroxylation is 1. The third kappa shape index (κ3) is 5.03. The standard InChI is InChI=1S/C23H36N2O/c1-3-4-5-6-7-11-16-25-19-20(18-24-14-9-8-10-15-24)22-13-12-21(26-2)17-23(22)25/h12-13,17,19H,3-11,14-16,18H2,1-2H3. The molecule has 1 fully saturated rings.